The lowest BCUT2D eigenvalue weighted by Crippen LogP contribution is -2.53. The van der Waals surface area contributed by atoms with Crippen LogP contribution in [-0.4, -0.2) is 41.0 Å². The Bertz CT molecular complexity index is 624. The lowest BCUT2D eigenvalue weighted by molar-refractivity contribution is -0.139. The smallest absolute Gasteiger partial charge is 0.247 e. The molecule has 1 saturated carbocycles. The van der Waals surface area contributed by atoms with Crippen LogP contribution in [-0.2, 0) is 16.1 Å². The number of hydrogen-bond donors (Lipinski definition) is 2. The molecule has 0 spiro atoms. The van der Waals surface area contributed by atoms with E-state index in [2.05, 4.69) is 5.32 Å². The summed E-state index contributed by atoms with van der Waals surface area (Å²) in [6.07, 6.45) is 0.358. The Kier molecular flexibility index (Phi) is 5.48. The fraction of sp³-hybridized carbons (Fsp3) is 0.500. The molecule has 132 valence electrons. The summed E-state index contributed by atoms with van der Waals surface area (Å²) in [5.41, 5.74) is 0.0557. The second kappa shape index (κ2) is 7.21. The van der Waals surface area contributed by atoms with Gasteiger partial charge in [-0.3, -0.25) is 9.59 Å². The van der Waals surface area contributed by atoms with Crippen LogP contribution in [0.5, 0.6) is 0 Å². The first kappa shape index (κ1) is 18.3. The van der Waals surface area contributed by atoms with E-state index in [0.29, 0.717) is 0 Å². The summed E-state index contributed by atoms with van der Waals surface area (Å²) in [6, 6.07) is 0.434. The molecule has 5 nitrogen and oxygen atoms in total. The molecule has 2 atom stereocenters. The Morgan fingerprint density at radius 1 is 1.29 bits per heavy atom. The Hall–Kier alpha value is -2.09. The molecule has 1 aromatic rings. The first-order chi connectivity index (χ1) is 11.2. The number of hydrogen-bond acceptors (Lipinski definition) is 3. The molecule has 1 fully saturated rings. The van der Waals surface area contributed by atoms with E-state index in [0.717, 1.165) is 29.9 Å². The highest BCUT2D eigenvalue weighted by atomic mass is 19.2. The first-order valence-electron chi connectivity index (χ1n) is 7.57. The van der Waals surface area contributed by atoms with Crippen molar-refractivity contribution >= 4 is 11.8 Å². The van der Waals surface area contributed by atoms with Gasteiger partial charge in [0.05, 0.1) is 6.10 Å². The van der Waals surface area contributed by atoms with Gasteiger partial charge in [-0.15, -0.1) is 0 Å². The van der Waals surface area contributed by atoms with Crippen LogP contribution >= 0.6 is 0 Å². The zero-order valence-electron chi connectivity index (χ0n) is 13.4. The second-order valence-electron chi connectivity index (χ2n) is 6.07. The van der Waals surface area contributed by atoms with Gasteiger partial charge in [0, 0.05) is 19.5 Å². The van der Waals surface area contributed by atoms with Crippen molar-refractivity contribution in [1.29, 1.82) is 0 Å². The molecule has 2 rings (SSSR count). The summed E-state index contributed by atoms with van der Waals surface area (Å²) in [4.78, 5) is 25.3. The zero-order valence-corrected chi connectivity index (χ0v) is 13.4. The van der Waals surface area contributed by atoms with Gasteiger partial charge >= 0.3 is 0 Å². The molecule has 24 heavy (non-hydrogen) atoms. The average molecular weight is 344 g/mol. The number of aliphatic hydroxyl groups excluding tert-OH is 1. The lowest BCUT2D eigenvalue weighted by Gasteiger charge is -2.26. The number of halogens is 3. The number of rotatable bonds is 6. The molecular weight excluding hydrogens is 325 g/mol. The van der Waals surface area contributed by atoms with Crippen molar-refractivity contribution in [3.05, 3.63) is 35.1 Å². The largest absolute Gasteiger partial charge is 0.391 e. The monoisotopic (exact) mass is 344 g/mol. The van der Waals surface area contributed by atoms with Crippen LogP contribution in [0.1, 0.15) is 25.3 Å². The van der Waals surface area contributed by atoms with Crippen molar-refractivity contribution in [3.63, 3.8) is 0 Å². The van der Waals surface area contributed by atoms with Crippen molar-refractivity contribution < 1.29 is 27.9 Å². The molecule has 0 bridgehead atoms. The summed E-state index contributed by atoms with van der Waals surface area (Å²) < 4.78 is 39.4. The minimum Gasteiger partial charge on any atom is -0.391 e. The average Bonchev–Trinajstić information content (AvgIpc) is 3.33. The van der Waals surface area contributed by atoms with Crippen LogP contribution in [0.3, 0.4) is 0 Å². The van der Waals surface area contributed by atoms with E-state index in [4.69, 9.17) is 0 Å². The van der Waals surface area contributed by atoms with Crippen LogP contribution in [0.15, 0.2) is 12.1 Å². The number of nitrogens with one attached hydrogen (secondary N) is 1. The normalized spacial score (nSPS) is 16.4. The predicted octanol–water partition coefficient (Wildman–Crippen LogP) is 1.34. The van der Waals surface area contributed by atoms with Gasteiger partial charge in [-0.25, -0.2) is 13.2 Å². The molecule has 1 aromatic carbocycles. The maximum atomic E-state index is 13.2. The van der Waals surface area contributed by atoms with Crippen molar-refractivity contribution in [1.82, 2.24) is 10.2 Å². The van der Waals surface area contributed by atoms with E-state index in [1.807, 2.05) is 0 Å². The molecule has 1 aliphatic carbocycles. The highest BCUT2D eigenvalue weighted by Gasteiger charge is 2.35. The highest BCUT2D eigenvalue weighted by molar-refractivity contribution is 5.89. The molecule has 0 saturated heterocycles. The topological polar surface area (TPSA) is 69.6 Å². The number of carbonyl (C=O) groups excluding carboxylic acids is 2. The second-order valence-corrected chi connectivity index (χ2v) is 6.07. The molecule has 0 aromatic heterocycles. The molecule has 1 aliphatic rings. The van der Waals surface area contributed by atoms with E-state index < -0.39 is 35.5 Å². The summed E-state index contributed by atoms with van der Waals surface area (Å²) in [5.74, 6) is -5.32. The number of amides is 2. The molecule has 8 heteroatoms. The first-order valence-corrected chi connectivity index (χ1v) is 7.57. The lowest BCUT2D eigenvalue weighted by atomic mass is 10.1. The third kappa shape index (κ3) is 4.25. The standard InChI is InChI=1S/C16H19F3N2O3/c1-8(22)14(20-15(23)10-3-4-10)16(24)21(2)7-9-5-11(17)13(19)12(18)6-9/h5-6,8,10,14,22H,3-4,7H2,1-2H3,(H,20,23). The Morgan fingerprint density at radius 2 is 1.83 bits per heavy atom. The quantitative estimate of drug-likeness (QED) is 0.765. The number of aliphatic hydroxyl groups is 1. The highest BCUT2D eigenvalue weighted by Crippen LogP contribution is 2.29. The van der Waals surface area contributed by atoms with E-state index in [9.17, 15) is 27.9 Å². The van der Waals surface area contributed by atoms with Crippen molar-refractivity contribution in [3.8, 4) is 0 Å². The SMILES string of the molecule is CC(O)C(NC(=O)C1CC1)C(=O)N(C)Cc1cc(F)c(F)c(F)c1. The predicted molar refractivity (Wildman–Crippen MR) is 79.1 cm³/mol. The van der Waals surface area contributed by atoms with Gasteiger partial charge in [0.1, 0.15) is 6.04 Å². The van der Waals surface area contributed by atoms with Crippen molar-refractivity contribution in [2.75, 3.05) is 7.05 Å². The number of carbonyl (C=O) groups is 2. The molecule has 0 aliphatic heterocycles. The summed E-state index contributed by atoms with van der Waals surface area (Å²) in [7, 11) is 1.36. The van der Waals surface area contributed by atoms with E-state index in [1.165, 1.54) is 14.0 Å². The zero-order chi connectivity index (χ0) is 18.0. The Labute approximate surface area is 137 Å². The van der Waals surface area contributed by atoms with Crippen LogP contribution in [0.2, 0.25) is 0 Å². The third-order valence-electron chi connectivity index (χ3n) is 3.83. The van der Waals surface area contributed by atoms with Gasteiger partial charge < -0.3 is 15.3 Å². The number of nitrogens with zero attached hydrogens (tertiary/aromatic N) is 1. The van der Waals surface area contributed by atoms with E-state index in [1.54, 1.807) is 0 Å². The minimum absolute atomic E-state index is 0.0557. The molecule has 0 radical (unpaired) electrons. The van der Waals surface area contributed by atoms with Gasteiger partial charge in [0.25, 0.3) is 0 Å². The summed E-state index contributed by atoms with van der Waals surface area (Å²) in [5, 5.41) is 12.2. The van der Waals surface area contributed by atoms with E-state index >= 15 is 0 Å². The Balaban J connectivity index is 2.07. The van der Waals surface area contributed by atoms with Crippen molar-refractivity contribution in [2.24, 2.45) is 5.92 Å². The van der Waals surface area contributed by atoms with Crippen LogP contribution in [0.4, 0.5) is 13.2 Å². The van der Waals surface area contributed by atoms with Gasteiger partial charge in [0.2, 0.25) is 11.8 Å². The van der Waals surface area contributed by atoms with Gasteiger partial charge in [-0.05, 0) is 37.5 Å². The molecule has 2 N–H and O–H groups in total. The third-order valence-corrected chi connectivity index (χ3v) is 3.83. The van der Waals surface area contributed by atoms with Crippen molar-refractivity contribution in [2.45, 2.75) is 38.5 Å². The minimum atomic E-state index is -1.58. The Morgan fingerprint density at radius 3 is 2.29 bits per heavy atom. The molecule has 0 heterocycles. The van der Waals surface area contributed by atoms with Gasteiger partial charge in [-0.2, -0.15) is 0 Å². The summed E-state index contributed by atoms with van der Waals surface area (Å²) >= 11 is 0. The maximum absolute atomic E-state index is 13.2. The maximum Gasteiger partial charge on any atom is 0.247 e. The fourth-order valence-electron chi connectivity index (χ4n) is 2.29. The fourth-order valence-corrected chi connectivity index (χ4v) is 2.29. The molecule has 2 amide bonds. The number of likely N-dealkylation sites (N-methyl/N-ethyl adjacent to an activating group) is 1. The van der Waals surface area contributed by atoms with E-state index in [-0.39, 0.29) is 23.9 Å². The molecule has 2 unspecified atom stereocenters. The van der Waals surface area contributed by atoms with Crippen LogP contribution < -0.4 is 5.32 Å². The van der Waals surface area contributed by atoms with Gasteiger partial charge in [-0.1, -0.05) is 0 Å². The number of benzene rings is 1. The summed E-state index contributed by atoms with van der Waals surface area (Å²) in [6.45, 7) is 1.16. The van der Waals surface area contributed by atoms with Gasteiger partial charge in [0.15, 0.2) is 17.5 Å². The molecular formula is C16H19F3N2O3. The van der Waals surface area contributed by atoms with Crippen LogP contribution in [0.25, 0.3) is 0 Å². The van der Waals surface area contributed by atoms with Crippen LogP contribution in [0, 0.1) is 23.4 Å².